The van der Waals surface area contributed by atoms with Crippen LogP contribution >= 0.6 is 0 Å². The maximum atomic E-state index is 12.0. The number of carbonyl (C=O) groups is 1. The van der Waals surface area contributed by atoms with Crippen LogP contribution in [-0.2, 0) is 16.0 Å². The third-order valence-electron chi connectivity index (χ3n) is 4.34. The van der Waals surface area contributed by atoms with Crippen LogP contribution < -0.4 is 0 Å². The van der Waals surface area contributed by atoms with Gasteiger partial charge in [-0.05, 0) is 37.8 Å². The number of esters is 1. The van der Waals surface area contributed by atoms with Gasteiger partial charge in [0.1, 0.15) is 0 Å². The summed E-state index contributed by atoms with van der Waals surface area (Å²) < 4.78 is 5.12. The molecule has 1 unspecified atom stereocenters. The molecule has 0 bridgehead atoms. The standard InChI is InChI=1S/C20H28N2O2/c1-4-6-7-8-9-16-10-12-17(13-11-16)19-18(14-21-22-19)15(3)20(23)24-5-2/h10-15H,4-9H2,1-3H3,(H,21,22). The number of hydrogen-bond donors (Lipinski definition) is 1. The Balaban J connectivity index is 2.07. The number of nitrogens with zero attached hydrogens (tertiary/aromatic N) is 1. The lowest BCUT2D eigenvalue weighted by Gasteiger charge is -2.11. The predicted molar refractivity (Wildman–Crippen MR) is 96.9 cm³/mol. The summed E-state index contributed by atoms with van der Waals surface area (Å²) in [6.45, 7) is 6.30. The van der Waals surface area contributed by atoms with Gasteiger partial charge in [0.05, 0.1) is 24.4 Å². The first-order chi connectivity index (χ1) is 11.7. The molecule has 24 heavy (non-hydrogen) atoms. The molecule has 130 valence electrons. The van der Waals surface area contributed by atoms with Gasteiger partial charge >= 0.3 is 5.97 Å². The summed E-state index contributed by atoms with van der Waals surface area (Å²) in [5.74, 6) is -0.542. The van der Waals surface area contributed by atoms with Gasteiger partial charge in [-0.25, -0.2) is 0 Å². The molecular weight excluding hydrogens is 300 g/mol. The lowest BCUT2D eigenvalue weighted by atomic mass is 9.97. The van der Waals surface area contributed by atoms with Crippen molar-refractivity contribution >= 4 is 5.97 Å². The SMILES string of the molecule is CCCCCCc1ccc(-c2[nH]ncc2C(C)C(=O)OCC)cc1. The van der Waals surface area contributed by atoms with Crippen molar-refractivity contribution in [3.8, 4) is 11.3 Å². The molecule has 1 N–H and O–H groups in total. The second-order valence-electron chi connectivity index (χ2n) is 6.18. The molecule has 2 rings (SSSR count). The van der Waals surface area contributed by atoms with Gasteiger partial charge < -0.3 is 4.74 Å². The molecule has 0 radical (unpaired) electrons. The summed E-state index contributed by atoms with van der Waals surface area (Å²) in [6.07, 6.45) is 7.94. The number of ether oxygens (including phenoxy) is 1. The normalized spacial score (nSPS) is 12.1. The highest BCUT2D eigenvalue weighted by Gasteiger charge is 2.21. The first-order valence-corrected chi connectivity index (χ1v) is 8.96. The van der Waals surface area contributed by atoms with Crippen molar-refractivity contribution in [2.45, 2.75) is 58.8 Å². The third-order valence-corrected chi connectivity index (χ3v) is 4.34. The van der Waals surface area contributed by atoms with Gasteiger partial charge in [0.2, 0.25) is 0 Å². The predicted octanol–water partition coefficient (Wildman–Crippen LogP) is 4.87. The number of unbranched alkanes of at least 4 members (excludes halogenated alkanes) is 3. The topological polar surface area (TPSA) is 55.0 Å². The van der Waals surface area contributed by atoms with E-state index in [0.29, 0.717) is 6.61 Å². The zero-order valence-electron chi connectivity index (χ0n) is 15.0. The summed E-state index contributed by atoms with van der Waals surface area (Å²) >= 11 is 0. The van der Waals surface area contributed by atoms with Crippen LogP contribution in [0.4, 0.5) is 0 Å². The highest BCUT2D eigenvalue weighted by Crippen LogP contribution is 2.28. The zero-order valence-corrected chi connectivity index (χ0v) is 15.0. The van der Waals surface area contributed by atoms with E-state index in [9.17, 15) is 4.79 Å². The van der Waals surface area contributed by atoms with Crippen LogP contribution in [0.15, 0.2) is 30.5 Å². The van der Waals surface area contributed by atoms with Gasteiger partial charge in [0.15, 0.2) is 0 Å². The summed E-state index contributed by atoms with van der Waals surface area (Å²) in [4.78, 5) is 12.0. The minimum atomic E-state index is -0.326. The van der Waals surface area contributed by atoms with Crippen molar-refractivity contribution in [3.05, 3.63) is 41.6 Å². The molecule has 1 heterocycles. The molecule has 1 atom stereocenters. The fourth-order valence-electron chi connectivity index (χ4n) is 2.84. The lowest BCUT2D eigenvalue weighted by Crippen LogP contribution is -2.13. The smallest absolute Gasteiger partial charge is 0.313 e. The van der Waals surface area contributed by atoms with Crippen LogP contribution in [0, 0.1) is 0 Å². The van der Waals surface area contributed by atoms with E-state index in [0.717, 1.165) is 23.2 Å². The monoisotopic (exact) mass is 328 g/mol. The molecule has 4 nitrogen and oxygen atoms in total. The number of aromatic nitrogens is 2. The third kappa shape index (κ3) is 4.70. The van der Waals surface area contributed by atoms with Crippen molar-refractivity contribution in [2.24, 2.45) is 0 Å². The highest BCUT2D eigenvalue weighted by atomic mass is 16.5. The van der Waals surface area contributed by atoms with Crippen LogP contribution in [-0.4, -0.2) is 22.8 Å². The van der Waals surface area contributed by atoms with E-state index in [4.69, 9.17) is 4.74 Å². The zero-order chi connectivity index (χ0) is 17.4. The molecule has 0 aliphatic heterocycles. The highest BCUT2D eigenvalue weighted by molar-refractivity contribution is 5.81. The number of hydrogen-bond acceptors (Lipinski definition) is 3. The number of benzene rings is 1. The first-order valence-electron chi connectivity index (χ1n) is 8.96. The molecule has 0 saturated heterocycles. The Morgan fingerprint density at radius 2 is 1.92 bits per heavy atom. The lowest BCUT2D eigenvalue weighted by molar-refractivity contribution is -0.144. The van der Waals surface area contributed by atoms with Crippen LogP contribution in [0.3, 0.4) is 0 Å². The van der Waals surface area contributed by atoms with E-state index < -0.39 is 0 Å². The quantitative estimate of drug-likeness (QED) is 0.528. The maximum Gasteiger partial charge on any atom is 0.313 e. The minimum Gasteiger partial charge on any atom is -0.466 e. The summed E-state index contributed by atoms with van der Waals surface area (Å²) in [5, 5.41) is 7.14. The maximum absolute atomic E-state index is 12.0. The van der Waals surface area contributed by atoms with Crippen LogP contribution in [0.5, 0.6) is 0 Å². The molecule has 0 fully saturated rings. The van der Waals surface area contributed by atoms with Crippen LogP contribution in [0.1, 0.15) is 63.5 Å². The number of rotatable bonds is 9. The van der Waals surface area contributed by atoms with E-state index in [1.165, 1.54) is 31.2 Å². The Labute approximate surface area is 144 Å². The Hall–Kier alpha value is -2.10. The molecular formula is C20H28N2O2. The van der Waals surface area contributed by atoms with Gasteiger partial charge in [-0.3, -0.25) is 9.89 Å². The summed E-state index contributed by atoms with van der Waals surface area (Å²) in [7, 11) is 0. The molecule has 0 aliphatic rings. The van der Waals surface area contributed by atoms with E-state index in [-0.39, 0.29) is 11.9 Å². The van der Waals surface area contributed by atoms with Crippen molar-refractivity contribution in [3.63, 3.8) is 0 Å². The van der Waals surface area contributed by atoms with Crippen LogP contribution in [0.2, 0.25) is 0 Å². The molecule has 1 aromatic carbocycles. The van der Waals surface area contributed by atoms with E-state index in [2.05, 4.69) is 41.4 Å². The van der Waals surface area contributed by atoms with Gasteiger partial charge in [-0.2, -0.15) is 5.10 Å². The number of H-pyrrole nitrogens is 1. The Bertz CT molecular complexity index is 631. The van der Waals surface area contributed by atoms with E-state index in [1.54, 1.807) is 6.20 Å². The van der Waals surface area contributed by atoms with Gasteiger partial charge in [-0.15, -0.1) is 0 Å². The van der Waals surface area contributed by atoms with Crippen molar-refractivity contribution in [2.75, 3.05) is 6.61 Å². The molecule has 4 heteroatoms. The molecule has 0 aliphatic carbocycles. The first kappa shape index (κ1) is 18.2. The molecule has 0 spiro atoms. The van der Waals surface area contributed by atoms with Gasteiger partial charge in [-0.1, -0.05) is 50.5 Å². The number of carbonyl (C=O) groups excluding carboxylic acids is 1. The van der Waals surface area contributed by atoms with E-state index in [1.807, 2.05) is 13.8 Å². The molecule has 2 aromatic rings. The Morgan fingerprint density at radius 3 is 2.58 bits per heavy atom. The average molecular weight is 328 g/mol. The summed E-state index contributed by atoms with van der Waals surface area (Å²) in [5.41, 5.74) is 4.18. The van der Waals surface area contributed by atoms with E-state index >= 15 is 0 Å². The fourth-order valence-corrected chi connectivity index (χ4v) is 2.84. The van der Waals surface area contributed by atoms with Crippen molar-refractivity contribution in [1.29, 1.82) is 0 Å². The second kappa shape index (κ2) is 9.26. The van der Waals surface area contributed by atoms with Crippen LogP contribution in [0.25, 0.3) is 11.3 Å². The molecule has 1 aromatic heterocycles. The molecule has 0 amide bonds. The minimum absolute atomic E-state index is 0.215. The largest absolute Gasteiger partial charge is 0.466 e. The fraction of sp³-hybridized carbons (Fsp3) is 0.500. The number of nitrogens with one attached hydrogen (secondary N) is 1. The summed E-state index contributed by atoms with van der Waals surface area (Å²) in [6, 6.07) is 8.54. The van der Waals surface area contributed by atoms with Gasteiger partial charge in [0.25, 0.3) is 0 Å². The number of aryl methyl sites for hydroxylation is 1. The number of aromatic amines is 1. The van der Waals surface area contributed by atoms with Crippen molar-refractivity contribution < 1.29 is 9.53 Å². The molecule has 0 saturated carbocycles. The Morgan fingerprint density at radius 1 is 1.17 bits per heavy atom. The average Bonchev–Trinajstić information content (AvgIpc) is 3.08. The second-order valence-corrected chi connectivity index (χ2v) is 6.18. The van der Waals surface area contributed by atoms with Gasteiger partial charge in [0, 0.05) is 5.56 Å². The Kier molecular flexibility index (Phi) is 7.04. The van der Waals surface area contributed by atoms with Crippen molar-refractivity contribution in [1.82, 2.24) is 10.2 Å².